The van der Waals surface area contributed by atoms with Gasteiger partial charge in [0.25, 0.3) is 5.91 Å². The number of hydrogen-bond acceptors (Lipinski definition) is 3. The molecule has 2 aliphatic rings. The summed E-state index contributed by atoms with van der Waals surface area (Å²) in [4.78, 5) is 12.5. The Hall–Kier alpha value is -1.52. The third-order valence-corrected chi connectivity index (χ3v) is 4.65. The molecule has 1 aromatic carbocycles. The molecule has 4 nitrogen and oxygen atoms in total. The summed E-state index contributed by atoms with van der Waals surface area (Å²) in [6, 6.07) is 5.27. The number of carbonyl (C=O) groups excluding carboxylic acids is 1. The number of rotatable bonds is 5. The van der Waals surface area contributed by atoms with Gasteiger partial charge in [0.05, 0.1) is 11.7 Å². The van der Waals surface area contributed by atoms with Crippen molar-refractivity contribution in [3.63, 3.8) is 0 Å². The zero-order chi connectivity index (χ0) is 16.1. The third kappa shape index (κ3) is 4.49. The second-order valence-electron chi connectivity index (χ2n) is 6.16. The van der Waals surface area contributed by atoms with Gasteiger partial charge >= 0.3 is 0 Å². The summed E-state index contributed by atoms with van der Waals surface area (Å²) in [7, 11) is 0. The van der Waals surface area contributed by atoms with Gasteiger partial charge in [-0.15, -0.1) is 0 Å². The van der Waals surface area contributed by atoms with E-state index < -0.39 is 0 Å². The van der Waals surface area contributed by atoms with Crippen molar-refractivity contribution in [2.75, 3.05) is 19.6 Å². The van der Waals surface area contributed by atoms with Crippen molar-refractivity contribution < 1.29 is 9.53 Å². The fraction of sp³-hybridized carbons (Fsp3) is 0.500. The first-order valence-electron chi connectivity index (χ1n) is 8.35. The van der Waals surface area contributed by atoms with Crippen molar-refractivity contribution in [2.45, 2.75) is 38.2 Å². The molecule has 1 aliphatic heterocycles. The SMILES string of the molecule is O=C(NCC1=CCNCC1)c1cc(Cl)ccc1OC1CCCC1. The number of carbonyl (C=O) groups is 1. The Morgan fingerprint density at radius 1 is 1.35 bits per heavy atom. The zero-order valence-corrected chi connectivity index (χ0v) is 14.0. The molecule has 1 aromatic rings. The molecule has 2 N–H and O–H groups in total. The van der Waals surface area contributed by atoms with Crippen LogP contribution in [0.2, 0.25) is 5.02 Å². The van der Waals surface area contributed by atoms with Gasteiger partial charge in [-0.3, -0.25) is 4.79 Å². The molecule has 0 spiro atoms. The third-order valence-electron chi connectivity index (χ3n) is 4.42. The van der Waals surface area contributed by atoms with Gasteiger partial charge in [0.1, 0.15) is 5.75 Å². The second-order valence-corrected chi connectivity index (χ2v) is 6.60. The summed E-state index contributed by atoms with van der Waals surface area (Å²) in [5.74, 6) is 0.512. The quantitative estimate of drug-likeness (QED) is 0.812. The van der Waals surface area contributed by atoms with Crippen LogP contribution in [0.15, 0.2) is 29.8 Å². The highest BCUT2D eigenvalue weighted by Crippen LogP contribution is 2.28. The summed E-state index contributed by atoms with van der Waals surface area (Å²) < 4.78 is 6.03. The predicted molar refractivity (Wildman–Crippen MR) is 92.2 cm³/mol. The van der Waals surface area contributed by atoms with Crippen molar-refractivity contribution in [1.82, 2.24) is 10.6 Å². The summed E-state index contributed by atoms with van der Waals surface area (Å²) >= 11 is 6.07. The molecule has 0 unspecified atom stereocenters. The predicted octanol–water partition coefficient (Wildman–Crippen LogP) is 3.31. The van der Waals surface area contributed by atoms with E-state index in [2.05, 4.69) is 16.7 Å². The Bertz CT molecular complexity index is 595. The number of hydrogen-bond donors (Lipinski definition) is 2. The highest BCUT2D eigenvalue weighted by Gasteiger charge is 2.20. The second kappa shape index (κ2) is 7.84. The first kappa shape index (κ1) is 16.3. The molecular formula is C18H23ClN2O2. The maximum atomic E-state index is 12.5. The molecule has 124 valence electrons. The summed E-state index contributed by atoms with van der Waals surface area (Å²) in [5.41, 5.74) is 1.79. The lowest BCUT2D eigenvalue weighted by atomic mass is 10.1. The van der Waals surface area contributed by atoms with Crippen LogP contribution < -0.4 is 15.4 Å². The van der Waals surface area contributed by atoms with Crippen LogP contribution in [0, 0.1) is 0 Å². The lowest BCUT2D eigenvalue weighted by Crippen LogP contribution is -2.30. The van der Waals surface area contributed by atoms with Crippen molar-refractivity contribution >= 4 is 17.5 Å². The maximum absolute atomic E-state index is 12.5. The van der Waals surface area contributed by atoms with Crippen LogP contribution in [0.5, 0.6) is 5.75 Å². The highest BCUT2D eigenvalue weighted by atomic mass is 35.5. The normalized spacial score (nSPS) is 18.6. The van der Waals surface area contributed by atoms with Gasteiger partial charge in [-0.2, -0.15) is 0 Å². The van der Waals surface area contributed by atoms with Crippen molar-refractivity contribution in [2.24, 2.45) is 0 Å². The number of nitrogens with one attached hydrogen (secondary N) is 2. The van der Waals surface area contributed by atoms with E-state index in [1.807, 2.05) is 0 Å². The van der Waals surface area contributed by atoms with Crippen LogP contribution in [0.3, 0.4) is 0 Å². The Balaban J connectivity index is 1.67. The molecule has 0 aromatic heterocycles. The molecule has 0 atom stereocenters. The fourth-order valence-electron chi connectivity index (χ4n) is 3.09. The number of benzene rings is 1. The Labute approximate surface area is 142 Å². The zero-order valence-electron chi connectivity index (χ0n) is 13.2. The smallest absolute Gasteiger partial charge is 0.255 e. The summed E-state index contributed by atoms with van der Waals surface area (Å²) in [6.07, 6.45) is 7.84. The molecule has 23 heavy (non-hydrogen) atoms. The van der Waals surface area contributed by atoms with Gasteiger partial charge in [-0.25, -0.2) is 0 Å². The Kier molecular flexibility index (Phi) is 5.57. The monoisotopic (exact) mass is 334 g/mol. The van der Waals surface area contributed by atoms with Crippen LogP contribution in [-0.4, -0.2) is 31.6 Å². The number of amides is 1. The molecule has 0 bridgehead atoms. The molecule has 1 amide bonds. The molecular weight excluding hydrogens is 312 g/mol. The summed E-state index contributed by atoms with van der Waals surface area (Å²) in [6.45, 7) is 2.42. The van der Waals surface area contributed by atoms with E-state index >= 15 is 0 Å². The van der Waals surface area contributed by atoms with Crippen molar-refractivity contribution in [1.29, 1.82) is 0 Å². The fourth-order valence-corrected chi connectivity index (χ4v) is 3.26. The van der Waals surface area contributed by atoms with Gasteiger partial charge in [-0.05, 0) is 56.8 Å². The molecule has 5 heteroatoms. The first-order valence-corrected chi connectivity index (χ1v) is 8.73. The standard InChI is InChI=1S/C18H23ClN2O2/c19-14-5-6-17(23-15-3-1-2-4-15)16(11-14)18(22)21-12-13-7-9-20-10-8-13/h5-7,11,15,20H,1-4,8-10,12H2,(H,21,22). The van der Waals surface area contributed by atoms with Gasteiger partial charge in [0.15, 0.2) is 0 Å². The van der Waals surface area contributed by atoms with Gasteiger partial charge < -0.3 is 15.4 Å². The van der Waals surface area contributed by atoms with Crippen LogP contribution in [0.4, 0.5) is 0 Å². The lowest BCUT2D eigenvalue weighted by Gasteiger charge is -2.18. The van der Waals surface area contributed by atoms with E-state index in [4.69, 9.17) is 16.3 Å². The van der Waals surface area contributed by atoms with Crippen LogP contribution in [0.1, 0.15) is 42.5 Å². The number of ether oxygens (including phenoxy) is 1. The van der Waals surface area contributed by atoms with Crippen molar-refractivity contribution in [3.05, 3.63) is 40.4 Å². The molecule has 3 rings (SSSR count). The molecule has 1 fully saturated rings. The first-order chi connectivity index (χ1) is 11.2. The lowest BCUT2D eigenvalue weighted by molar-refractivity contribution is 0.0949. The Morgan fingerprint density at radius 3 is 2.91 bits per heavy atom. The van der Waals surface area contributed by atoms with Crippen molar-refractivity contribution in [3.8, 4) is 5.75 Å². The van der Waals surface area contributed by atoms with Crippen LogP contribution >= 0.6 is 11.6 Å². The largest absolute Gasteiger partial charge is 0.490 e. The van der Waals surface area contributed by atoms with E-state index in [0.29, 0.717) is 22.9 Å². The molecule has 1 aliphatic carbocycles. The average Bonchev–Trinajstić information content (AvgIpc) is 3.08. The van der Waals surface area contributed by atoms with Gasteiger partial charge in [0.2, 0.25) is 0 Å². The highest BCUT2D eigenvalue weighted by molar-refractivity contribution is 6.31. The summed E-state index contributed by atoms with van der Waals surface area (Å²) in [5, 5.41) is 6.80. The van der Waals surface area contributed by atoms with E-state index in [1.165, 1.54) is 18.4 Å². The maximum Gasteiger partial charge on any atom is 0.255 e. The minimum Gasteiger partial charge on any atom is -0.490 e. The van der Waals surface area contributed by atoms with E-state index in [0.717, 1.165) is 32.4 Å². The van der Waals surface area contributed by atoms with Gasteiger partial charge in [-0.1, -0.05) is 23.3 Å². The van der Waals surface area contributed by atoms with E-state index in [9.17, 15) is 4.79 Å². The van der Waals surface area contributed by atoms with Crippen LogP contribution in [-0.2, 0) is 0 Å². The molecule has 0 radical (unpaired) electrons. The molecule has 1 heterocycles. The topological polar surface area (TPSA) is 50.4 Å². The molecule has 0 saturated heterocycles. The van der Waals surface area contributed by atoms with Gasteiger partial charge in [0, 0.05) is 18.1 Å². The van der Waals surface area contributed by atoms with E-state index in [1.54, 1.807) is 18.2 Å². The average molecular weight is 335 g/mol. The van der Waals surface area contributed by atoms with Crippen LogP contribution in [0.25, 0.3) is 0 Å². The molecule has 1 saturated carbocycles. The Morgan fingerprint density at radius 2 is 2.17 bits per heavy atom. The van der Waals surface area contributed by atoms with E-state index in [-0.39, 0.29) is 12.0 Å². The minimum atomic E-state index is -0.125. The number of halogens is 1. The minimum absolute atomic E-state index is 0.125.